The molecule has 0 radical (unpaired) electrons. The maximum absolute atomic E-state index is 12.4. The number of ether oxygens (including phenoxy) is 2. The van der Waals surface area contributed by atoms with Crippen molar-refractivity contribution < 1.29 is 22.7 Å². The lowest BCUT2D eigenvalue weighted by atomic mass is 10.2. The SMILES string of the molecule is COc1ccccc1OCCNC(=O)c1ccc(N(Cc2ccc(Cl)cc2)S(C)(=O)=O)cc1. The van der Waals surface area contributed by atoms with Crippen molar-refractivity contribution in [3.63, 3.8) is 0 Å². The van der Waals surface area contributed by atoms with Crippen LogP contribution < -0.4 is 19.1 Å². The van der Waals surface area contributed by atoms with E-state index < -0.39 is 10.0 Å². The molecule has 0 heterocycles. The standard InChI is InChI=1S/C24H25ClN2O5S/c1-31-22-5-3-4-6-23(22)32-16-15-26-24(28)19-9-13-21(14-10-19)27(33(2,29)30)17-18-7-11-20(25)12-8-18/h3-14H,15-17H2,1-2H3,(H,26,28). The van der Waals surface area contributed by atoms with Crippen LogP contribution in [0.15, 0.2) is 72.8 Å². The van der Waals surface area contributed by atoms with Crippen LogP contribution in [0.1, 0.15) is 15.9 Å². The van der Waals surface area contributed by atoms with Crippen molar-refractivity contribution in [3.8, 4) is 11.5 Å². The molecule has 0 atom stereocenters. The van der Waals surface area contributed by atoms with E-state index >= 15 is 0 Å². The Hall–Kier alpha value is -3.23. The van der Waals surface area contributed by atoms with Crippen LogP contribution >= 0.6 is 11.6 Å². The van der Waals surface area contributed by atoms with Gasteiger partial charge in [0.15, 0.2) is 11.5 Å². The Kier molecular flexibility index (Phi) is 8.19. The highest BCUT2D eigenvalue weighted by Crippen LogP contribution is 2.25. The molecule has 1 amide bonds. The van der Waals surface area contributed by atoms with Crippen molar-refractivity contribution in [1.82, 2.24) is 5.32 Å². The van der Waals surface area contributed by atoms with Gasteiger partial charge in [0.2, 0.25) is 10.0 Å². The second-order valence-electron chi connectivity index (χ2n) is 7.20. The Bertz CT molecular complexity index is 1180. The summed E-state index contributed by atoms with van der Waals surface area (Å²) in [6.07, 6.45) is 1.14. The first-order valence-electron chi connectivity index (χ1n) is 10.1. The van der Waals surface area contributed by atoms with Crippen molar-refractivity contribution in [2.45, 2.75) is 6.54 Å². The molecule has 174 valence electrons. The third-order valence-electron chi connectivity index (χ3n) is 4.77. The molecule has 9 heteroatoms. The zero-order valence-corrected chi connectivity index (χ0v) is 19.9. The molecule has 1 N–H and O–H groups in total. The normalized spacial score (nSPS) is 11.0. The molecule has 0 saturated carbocycles. The van der Waals surface area contributed by atoms with Crippen LogP contribution in [0.25, 0.3) is 0 Å². The predicted octanol–water partition coefficient (Wildman–Crippen LogP) is 4.12. The number of hydrogen-bond donors (Lipinski definition) is 1. The van der Waals surface area contributed by atoms with Crippen molar-refractivity contribution in [3.05, 3.63) is 88.9 Å². The summed E-state index contributed by atoms with van der Waals surface area (Å²) in [6, 6.07) is 20.6. The lowest BCUT2D eigenvalue weighted by Crippen LogP contribution is -2.30. The third-order valence-corrected chi connectivity index (χ3v) is 6.16. The van der Waals surface area contributed by atoms with Gasteiger partial charge in [-0.05, 0) is 54.1 Å². The molecular formula is C24H25ClN2O5S. The van der Waals surface area contributed by atoms with E-state index in [0.717, 1.165) is 11.8 Å². The number of para-hydroxylation sites is 2. The van der Waals surface area contributed by atoms with Crippen LogP contribution in [0, 0.1) is 0 Å². The van der Waals surface area contributed by atoms with E-state index in [2.05, 4.69) is 5.32 Å². The smallest absolute Gasteiger partial charge is 0.251 e. The van der Waals surface area contributed by atoms with E-state index in [9.17, 15) is 13.2 Å². The Labute approximate surface area is 198 Å². The first kappa shape index (κ1) is 24.4. The Balaban J connectivity index is 1.60. The van der Waals surface area contributed by atoms with Gasteiger partial charge in [-0.2, -0.15) is 0 Å². The van der Waals surface area contributed by atoms with Crippen molar-refractivity contribution in [2.24, 2.45) is 0 Å². The third kappa shape index (κ3) is 6.87. The quantitative estimate of drug-likeness (QED) is 0.434. The summed E-state index contributed by atoms with van der Waals surface area (Å²) in [5, 5.41) is 3.36. The number of sulfonamides is 1. The van der Waals surface area contributed by atoms with Crippen LogP contribution in [-0.4, -0.2) is 40.8 Å². The number of amides is 1. The molecule has 0 aliphatic heterocycles. The van der Waals surface area contributed by atoms with Crippen molar-refractivity contribution in [1.29, 1.82) is 0 Å². The largest absolute Gasteiger partial charge is 0.493 e. The van der Waals surface area contributed by atoms with E-state index in [4.69, 9.17) is 21.1 Å². The molecule has 3 aromatic carbocycles. The number of rotatable bonds is 10. The zero-order valence-electron chi connectivity index (χ0n) is 18.3. The summed E-state index contributed by atoms with van der Waals surface area (Å²) >= 11 is 5.91. The molecule has 0 aliphatic rings. The molecule has 7 nitrogen and oxygen atoms in total. The summed E-state index contributed by atoms with van der Waals surface area (Å²) in [5.74, 6) is 0.933. The minimum atomic E-state index is -3.54. The molecule has 3 rings (SSSR count). The molecular weight excluding hydrogens is 464 g/mol. The van der Waals surface area contributed by atoms with Crippen LogP contribution in [0.3, 0.4) is 0 Å². The van der Waals surface area contributed by atoms with Gasteiger partial charge >= 0.3 is 0 Å². The van der Waals surface area contributed by atoms with Gasteiger partial charge in [-0.25, -0.2) is 8.42 Å². The highest BCUT2D eigenvalue weighted by Gasteiger charge is 2.18. The van der Waals surface area contributed by atoms with Crippen LogP contribution in [0.2, 0.25) is 5.02 Å². The van der Waals surface area contributed by atoms with Gasteiger partial charge in [0.25, 0.3) is 5.91 Å². The Morgan fingerprint density at radius 1 is 0.970 bits per heavy atom. The zero-order chi connectivity index (χ0) is 23.8. The minimum Gasteiger partial charge on any atom is -0.493 e. The number of benzene rings is 3. The van der Waals surface area contributed by atoms with Gasteiger partial charge in [0.1, 0.15) is 6.61 Å². The molecule has 0 saturated heterocycles. The topological polar surface area (TPSA) is 84.9 Å². The molecule has 0 unspecified atom stereocenters. The fourth-order valence-electron chi connectivity index (χ4n) is 3.10. The molecule has 3 aromatic rings. The van der Waals surface area contributed by atoms with Gasteiger partial charge in [-0.1, -0.05) is 35.9 Å². The Morgan fingerprint density at radius 3 is 2.21 bits per heavy atom. The molecule has 0 fully saturated rings. The maximum atomic E-state index is 12.4. The highest BCUT2D eigenvalue weighted by molar-refractivity contribution is 7.92. The first-order chi connectivity index (χ1) is 15.8. The molecule has 0 aliphatic carbocycles. The number of nitrogens with zero attached hydrogens (tertiary/aromatic N) is 1. The van der Waals surface area contributed by atoms with Crippen LogP contribution in [-0.2, 0) is 16.6 Å². The van der Waals surface area contributed by atoms with Gasteiger partial charge in [0, 0.05) is 10.6 Å². The second kappa shape index (κ2) is 11.1. The number of carbonyl (C=O) groups excluding carboxylic acids is 1. The maximum Gasteiger partial charge on any atom is 0.251 e. The number of anilines is 1. The van der Waals surface area contributed by atoms with E-state index in [1.807, 2.05) is 12.1 Å². The van der Waals surface area contributed by atoms with Gasteiger partial charge in [-0.15, -0.1) is 0 Å². The number of halogens is 1. The minimum absolute atomic E-state index is 0.155. The number of hydrogen-bond acceptors (Lipinski definition) is 5. The van der Waals surface area contributed by atoms with E-state index in [1.165, 1.54) is 4.31 Å². The summed E-state index contributed by atoms with van der Waals surface area (Å²) in [5.41, 5.74) is 1.67. The molecule has 0 aromatic heterocycles. The number of nitrogens with one attached hydrogen (secondary N) is 1. The van der Waals surface area contributed by atoms with E-state index in [0.29, 0.717) is 34.3 Å². The lowest BCUT2D eigenvalue weighted by molar-refractivity contribution is 0.0947. The summed E-state index contributed by atoms with van der Waals surface area (Å²) in [7, 11) is -1.97. The van der Waals surface area contributed by atoms with Crippen LogP contribution in [0.5, 0.6) is 11.5 Å². The average molecular weight is 489 g/mol. The fourth-order valence-corrected chi connectivity index (χ4v) is 4.11. The highest BCUT2D eigenvalue weighted by atomic mass is 35.5. The molecule has 33 heavy (non-hydrogen) atoms. The Morgan fingerprint density at radius 2 is 1.61 bits per heavy atom. The van der Waals surface area contributed by atoms with Gasteiger partial charge in [0.05, 0.1) is 32.1 Å². The first-order valence-corrected chi connectivity index (χ1v) is 12.4. The monoisotopic (exact) mass is 488 g/mol. The second-order valence-corrected chi connectivity index (χ2v) is 9.54. The summed E-state index contributed by atoms with van der Waals surface area (Å²) in [4.78, 5) is 12.4. The predicted molar refractivity (Wildman–Crippen MR) is 130 cm³/mol. The lowest BCUT2D eigenvalue weighted by Gasteiger charge is -2.23. The van der Waals surface area contributed by atoms with E-state index in [-0.39, 0.29) is 19.1 Å². The fraction of sp³-hybridized carbons (Fsp3) is 0.208. The number of carbonyl (C=O) groups is 1. The average Bonchev–Trinajstić information content (AvgIpc) is 2.81. The summed E-state index contributed by atoms with van der Waals surface area (Å²) in [6.45, 7) is 0.722. The molecule has 0 bridgehead atoms. The van der Waals surface area contributed by atoms with Crippen LogP contribution in [0.4, 0.5) is 5.69 Å². The summed E-state index contributed by atoms with van der Waals surface area (Å²) < 4.78 is 36.9. The van der Waals surface area contributed by atoms with E-state index in [1.54, 1.807) is 67.8 Å². The van der Waals surface area contributed by atoms with Gasteiger partial charge in [-0.3, -0.25) is 9.10 Å². The molecule has 0 spiro atoms. The van der Waals surface area contributed by atoms with Crippen molar-refractivity contribution >= 4 is 33.2 Å². The number of methoxy groups -OCH3 is 1. The van der Waals surface area contributed by atoms with Gasteiger partial charge < -0.3 is 14.8 Å². The van der Waals surface area contributed by atoms with Crippen molar-refractivity contribution in [2.75, 3.05) is 30.8 Å².